The van der Waals surface area contributed by atoms with Gasteiger partial charge in [0.1, 0.15) is 12.3 Å². The molecule has 1 N–H and O–H groups in total. The molecule has 23 heavy (non-hydrogen) atoms. The monoisotopic (exact) mass is 330 g/mol. The predicted molar refractivity (Wildman–Crippen MR) is 75.4 cm³/mol. The van der Waals surface area contributed by atoms with Crippen LogP contribution in [0.5, 0.6) is 0 Å². The minimum Gasteiger partial charge on any atom is -0.468 e. The molecule has 0 spiro atoms. The molecular formula is C14H17F3N4O2. The highest BCUT2D eigenvalue weighted by Crippen LogP contribution is 2.27. The standard InChI is InChI=1S/C14H17F3N4O2/c1-20(2)10(11-4-3-7-23-11)8-18-13(22)9-21-6-5-12(19-21)14(15,16)17/h3-7,10H,8-9H2,1-2H3,(H,18,22)/t10-/m0/s1. The van der Waals surface area contributed by atoms with Crippen molar-refractivity contribution >= 4 is 5.91 Å². The van der Waals surface area contributed by atoms with Gasteiger partial charge in [0.2, 0.25) is 5.91 Å². The van der Waals surface area contributed by atoms with E-state index in [0.29, 0.717) is 5.76 Å². The second-order valence-electron chi connectivity index (χ2n) is 5.20. The number of hydrogen-bond donors (Lipinski definition) is 1. The Morgan fingerprint density at radius 3 is 2.70 bits per heavy atom. The van der Waals surface area contributed by atoms with Gasteiger partial charge in [-0.25, -0.2) is 0 Å². The number of alkyl halides is 3. The first-order valence-corrected chi connectivity index (χ1v) is 6.84. The second-order valence-corrected chi connectivity index (χ2v) is 5.20. The zero-order chi connectivity index (χ0) is 17.0. The highest BCUT2D eigenvalue weighted by molar-refractivity contribution is 5.75. The van der Waals surface area contributed by atoms with Gasteiger partial charge in [0.25, 0.3) is 0 Å². The van der Waals surface area contributed by atoms with Crippen molar-refractivity contribution in [3.63, 3.8) is 0 Å². The van der Waals surface area contributed by atoms with E-state index in [1.165, 1.54) is 6.26 Å². The molecule has 2 aromatic heterocycles. The van der Waals surface area contributed by atoms with E-state index in [1.807, 2.05) is 19.0 Å². The van der Waals surface area contributed by atoms with E-state index >= 15 is 0 Å². The van der Waals surface area contributed by atoms with E-state index in [1.54, 1.807) is 12.1 Å². The number of furan rings is 1. The zero-order valence-electron chi connectivity index (χ0n) is 12.7. The molecule has 0 fully saturated rings. The van der Waals surface area contributed by atoms with Crippen LogP contribution in [0.3, 0.4) is 0 Å². The molecule has 0 saturated heterocycles. The fraction of sp³-hybridized carbons (Fsp3) is 0.429. The third-order valence-corrected chi connectivity index (χ3v) is 3.22. The number of nitrogens with zero attached hydrogens (tertiary/aromatic N) is 3. The van der Waals surface area contributed by atoms with E-state index in [-0.39, 0.29) is 19.1 Å². The first-order valence-electron chi connectivity index (χ1n) is 6.84. The molecule has 0 unspecified atom stereocenters. The maximum atomic E-state index is 12.4. The van der Waals surface area contributed by atoms with Crippen molar-refractivity contribution in [2.75, 3.05) is 20.6 Å². The van der Waals surface area contributed by atoms with Gasteiger partial charge in [-0.15, -0.1) is 0 Å². The summed E-state index contributed by atoms with van der Waals surface area (Å²) in [6, 6.07) is 4.20. The molecule has 0 saturated carbocycles. The van der Waals surface area contributed by atoms with Gasteiger partial charge in [0, 0.05) is 12.7 Å². The molecule has 1 atom stereocenters. The fourth-order valence-corrected chi connectivity index (χ4v) is 2.03. The molecular weight excluding hydrogens is 313 g/mol. The van der Waals surface area contributed by atoms with E-state index in [4.69, 9.17) is 4.42 Å². The van der Waals surface area contributed by atoms with Crippen LogP contribution in [0.15, 0.2) is 35.1 Å². The third kappa shape index (κ3) is 4.59. The lowest BCUT2D eigenvalue weighted by Crippen LogP contribution is -2.36. The molecule has 0 aliphatic carbocycles. The van der Waals surface area contributed by atoms with Gasteiger partial charge in [-0.05, 0) is 32.3 Å². The molecule has 0 aliphatic heterocycles. The highest BCUT2D eigenvalue weighted by Gasteiger charge is 2.33. The average molecular weight is 330 g/mol. The molecule has 126 valence electrons. The molecule has 0 aromatic carbocycles. The minimum atomic E-state index is -4.52. The molecule has 2 heterocycles. The largest absolute Gasteiger partial charge is 0.468 e. The van der Waals surface area contributed by atoms with Gasteiger partial charge in [-0.3, -0.25) is 14.4 Å². The van der Waals surface area contributed by atoms with Crippen molar-refractivity contribution in [2.45, 2.75) is 18.8 Å². The van der Waals surface area contributed by atoms with Crippen molar-refractivity contribution in [1.82, 2.24) is 20.0 Å². The summed E-state index contributed by atoms with van der Waals surface area (Å²) in [7, 11) is 3.67. The maximum absolute atomic E-state index is 12.4. The molecule has 6 nitrogen and oxygen atoms in total. The van der Waals surface area contributed by atoms with Crippen molar-refractivity contribution in [3.8, 4) is 0 Å². The van der Waals surface area contributed by atoms with Crippen LogP contribution in [0.2, 0.25) is 0 Å². The lowest BCUT2D eigenvalue weighted by atomic mass is 10.2. The smallest absolute Gasteiger partial charge is 0.435 e. The van der Waals surface area contributed by atoms with Crippen LogP contribution >= 0.6 is 0 Å². The van der Waals surface area contributed by atoms with E-state index in [9.17, 15) is 18.0 Å². The van der Waals surface area contributed by atoms with Crippen LogP contribution in [0, 0.1) is 0 Å². The Morgan fingerprint density at radius 1 is 1.43 bits per heavy atom. The molecule has 9 heteroatoms. The first-order chi connectivity index (χ1) is 10.8. The summed E-state index contributed by atoms with van der Waals surface area (Å²) >= 11 is 0. The number of hydrogen-bond acceptors (Lipinski definition) is 4. The van der Waals surface area contributed by atoms with E-state index < -0.39 is 17.8 Å². The Balaban J connectivity index is 1.90. The highest BCUT2D eigenvalue weighted by atomic mass is 19.4. The summed E-state index contributed by atoms with van der Waals surface area (Å²) in [5, 5.41) is 6.00. The number of likely N-dealkylation sites (N-methyl/N-ethyl adjacent to an activating group) is 1. The summed E-state index contributed by atoms with van der Waals surface area (Å²) in [6.45, 7) is -0.0128. The Bertz CT molecular complexity index is 635. The van der Waals surface area contributed by atoms with Crippen LogP contribution in [0.1, 0.15) is 17.5 Å². The van der Waals surface area contributed by atoms with Gasteiger partial charge in [0.15, 0.2) is 5.69 Å². The van der Waals surface area contributed by atoms with Crippen molar-refractivity contribution < 1.29 is 22.4 Å². The molecule has 0 bridgehead atoms. The molecule has 0 radical (unpaired) electrons. The third-order valence-electron chi connectivity index (χ3n) is 3.22. The molecule has 2 rings (SSSR count). The topological polar surface area (TPSA) is 63.3 Å². The van der Waals surface area contributed by atoms with Crippen molar-refractivity contribution in [3.05, 3.63) is 42.1 Å². The summed E-state index contributed by atoms with van der Waals surface area (Å²) in [6.07, 6.45) is -1.86. The van der Waals surface area contributed by atoms with Crippen molar-refractivity contribution in [2.24, 2.45) is 0 Å². The number of halogens is 3. The van der Waals surface area contributed by atoms with Gasteiger partial charge in [0.05, 0.1) is 12.3 Å². The summed E-state index contributed by atoms with van der Waals surface area (Å²) < 4.78 is 43.6. The normalized spacial score (nSPS) is 13.3. The molecule has 1 amide bonds. The fourth-order valence-electron chi connectivity index (χ4n) is 2.03. The minimum absolute atomic E-state index is 0.169. The average Bonchev–Trinajstić information content (AvgIpc) is 3.09. The van der Waals surface area contributed by atoms with Crippen molar-refractivity contribution in [1.29, 1.82) is 0 Å². The van der Waals surface area contributed by atoms with Crippen LogP contribution in [-0.2, 0) is 17.5 Å². The Morgan fingerprint density at radius 2 is 2.17 bits per heavy atom. The van der Waals surface area contributed by atoms with Gasteiger partial charge >= 0.3 is 6.18 Å². The number of aromatic nitrogens is 2. The number of nitrogens with one attached hydrogen (secondary N) is 1. The molecule has 0 aliphatic rings. The Kier molecular flexibility index (Phi) is 5.09. The van der Waals surface area contributed by atoms with Crippen LogP contribution in [0.25, 0.3) is 0 Å². The Labute approximate surface area is 130 Å². The number of carbonyl (C=O) groups excluding carboxylic acids is 1. The summed E-state index contributed by atoms with van der Waals surface area (Å²) in [5.74, 6) is 0.258. The lowest BCUT2D eigenvalue weighted by Gasteiger charge is -2.22. The number of rotatable bonds is 6. The summed E-state index contributed by atoms with van der Waals surface area (Å²) in [5.41, 5.74) is -1.02. The zero-order valence-corrected chi connectivity index (χ0v) is 12.7. The number of amides is 1. The lowest BCUT2D eigenvalue weighted by molar-refractivity contribution is -0.141. The van der Waals surface area contributed by atoms with Crippen LogP contribution in [-0.4, -0.2) is 41.2 Å². The van der Waals surface area contributed by atoms with Gasteiger partial charge in [-0.1, -0.05) is 0 Å². The predicted octanol–water partition coefficient (Wildman–Crippen LogP) is 1.91. The maximum Gasteiger partial charge on any atom is 0.435 e. The van der Waals surface area contributed by atoms with Crippen LogP contribution in [0.4, 0.5) is 13.2 Å². The second kappa shape index (κ2) is 6.86. The SMILES string of the molecule is CN(C)[C@@H](CNC(=O)Cn1ccc(C(F)(F)F)n1)c1ccco1. The summed E-state index contributed by atoms with van der Waals surface area (Å²) in [4.78, 5) is 13.7. The van der Waals surface area contributed by atoms with Gasteiger partial charge in [-0.2, -0.15) is 18.3 Å². The Hall–Kier alpha value is -2.29. The van der Waals surface area contributed by atoms with E-state index in [0.717, 1.165) is 16.9 Å². The molecule has 2 aromatic rings. The van der Waals surface area contributed by atoms with E-state index in [2.05, 4.69) is 10.4 Å². The van der Waals surface area contributed by atoms with Crippen LogP contribution < -0.4 is 5.32 Å². The number of carbonyl (C=O) groups is 1. The first kappa shape index (κ1) is 17.1. The van der Waals surface area contributed by atoms with Gasteiger partial charge < -0.3 is 9.73 Å². The quantitative estimate of drug-likeness (QED) is 0.879.